The molecule has 1 unspecified atom stereocenters. The summed E-state index contributed by atoms with van der Waals surface area (Å²) in [7, 11) is 2.21. The van der Waals surface area contributed by atoms with Crippen LogP contribution in [0.3, 0.4) is 0 Å². The lowest BCUT2D eigenvalue weighted by molar-refractivity contribution is 0.171. The molecule has 21 heavy (non-hydrogen) atoms. The first-order chi connectivity index (χ1) is 10.2. The molecule has 0 amide bonds. The SMILES string of the molecule is CC(NCc1ccc2c(c1)OCCO2)C1CCN(C)CC1. The van der Waals surface area contributed by atoms with Crippen LogP contribution in [0, 0.1) is 5.92 Å². The first-order valence-corrected chi connectivity index (χ1v) is 8.03. The minimum absolute atomic E-state index is 0.562. The van der Waals surface area contributed by atoms with Crippen LogP contribution in [0.1, 0.15) is 25.3 Å². The quantitative estimate of drug-likeness (QED) is 0.922. The Bertz CT molecular complexity index is 470. The lowest BCUT2D eigenvalue weighted by Gasteiger charge is -2.33. The first kappa shape index (κ1) is 14.7. The molecule has 1 fully saturated rings. The summed E-state index contributed by atoms with van der Waals surface area (Å²) in [4.78, 5) is 2.42. The van der Waals surface area contributed by atoms with Crippen molar-refractivity contribution < 1.29 is 9.47 Å². The van der Waals surface area contributed by atoms with Gasteiger partial charge in [0.1, 0.15) is 13.2 Å². The number of rotatable bonds is 4. The van der Waals surface area contributed by atoms with Crippen LogP contribution in [0.4, 0.5) is 0 Å². The lowest BCUT2D eigenvalue weighted by atomic mass is 9.90. The third-order valence-corrected chi connectivity index (χ3v) is 4.71. The molecular weight excluding hydrogens is 264 g/mol. The van der Waals surface area contributed by atoms with Gasteiger partial charge in [-0.3, -0.25) is 0 Å². The molecular formula is C17H26N2O2. The first-order valence-electron chi connectivity index (χ1n) is 8.03. The Balaban J connectivity index is 1.52. The highest BCUT2D eigenvalue weighted by molar-refractivity contribution is 5.43. The zero-order valence-corrected chi connectivity index (χ0v) is 13.1. The summed E-state index contributed by atoms with van der Waals surface area (Å²) in [5.41, 5.74) is 1.26. The second-order valence-corrected chi connectivity index (χ2v) is 6.29. The molecule has 1 aromatic rings. The molecule has 0 radical (unpaired) electrons. The largest absolute Gasteiger partial charge is 0.486 e. The van der Waals surface area contributed by atoms with E-state index in [1.807, 2.05) is 6.07 Å². The summed E-state index contributed by atoms with van der Waals surface area (Å²) in [5.74, 6) is 2.54. The van der Waals surface area contributed by atoms with Crippen LogP contribution in [0.15, 0.2) is 18.2 Å². The maximum absolute atomic E-state index is 5.64. The summed E-state index contributed by atoms with van der Waals surface area (Å²) >= 11 is 0. The smallest absolute Gasteiger partial charge is 0.161 e. The molecule has 2 aliphatic heterocycles. The summed E-state index contributed by atoms with van der Waals surface area (Å²) in [5, 5.41) is 3.68. The fourth-order valence-electron chi connectivity index (χ4n) is 3.17. The van der Waals surface area contributed by atoms with Gasteiger partial charge in [-0.15, -0.1) is 0 Å². The van der Waals surface area contributed by atoms with E-state index < -0.39 is 0 Å². The topological polar surface area (TPSA) is 33.7 Å². The van der Waals surface area contributed by atoms with Crippen molar-refractivity contribution in [2.75, 3.05) is 33.4 Å². The van der Waals surface area contributed by atoms with Crippen molar-refractivity contribution >= 4 is 0 Å². The Labute approximate surface area is 127 Å². The van der Waals surface area contributed by atoms with E-state index >= 15 is 0 Å². The standard InChI is InChI=1S/C17H26N2O2/c1-13(15-5-7-19(2)8-6-15)18-12-14-3-4-16-17(11-14)21-10-9-20-16/h3-4,11,13,15,18H,5-10,12H2,1-2H3. The lowest BCUT2D eigenvalue weighted by Crippen LogP contribution is -2.40. The van der Waals surface area contributed by atoms with Crippen LogP contribution < -0.4 is 14.8 Å². The molecule has 1 aromatic carbocycles. The van der Waals surface area contributed by atoms with Gasteiger partial charge in [0.25, 0.3) is 0 Å². The van der Waals surface area contributed by atoms with Crippen molar-refractivity contribution in [2.24, 2.45) is 5.92 Å². The van der Waals surface area contributed by atoms with Crippen LogP contribution in [0.2, 0.25) is 0 Å². The number of fused-ring (bicyclic) bond motifs is 1. The summed E-state index contributed by atoms with van der Waals surface area (Å²) in [6.45, 7) is 6.95. The van der Waals surface area contributed by atoms with E-state index in [1.54, 1.807) is 0 Å². The zero-order chi connectivity index (χ0) is 14.7. The molecule has 2 heterocycles. The Morgan fingerprint density at radius 3 is 2.67 bits per heavy atom. The predicted octanol–water partition coefficient (Wildman–Crippen LogP) is 2.28. The highest BCUT2D eigenvalue weighted by Crippen LogP contribution is 2.30. The summed E-state index contributed by atoms with van der Waals surface area (Å²) in [6, 6.07) is 6.81. The van der Waals surface area contributed by atoms with Gasteiger partial charge in [0, 0.05) is 12.6 Å². The van der Waals surface area contributed by atoms with Crippen molar-refractivity contribution in [3.63, 3.8) is 0 Å². The molecule has 4 heteroatoms. The van der Waals surface area contributed by atoms with Crippen LogP contribution in [0.25, 0.3) is 0 Å². The maximum Gasteiger partial charge on any atom is 0.161 e. The van der Waals surface area contributed by atoms with E-state index in [2.05, 4.69) is 36.3 Å². The summed E-state index contributed by atoms with van der Waals surface area (Å²) in [6.07, 6.45) is 2.59. The van der Waals surface area contributed by atoms with Crippen molar-refractivity contribution in [1.82, 2.24) is 10.2 Å². The van der Waals surface area contributed by atoms with Gasteiger partial charge < -0.3 is 19.7 Å². The van der Waals surface area contributed by atoms with Crippen molar-refractivity contribution in [1.29, 1.82) is 0 Å². The molecule has 0 aromatic heterocycles. The molecule has 116 valence electrons. The number of nitrogens with one attached hydrogen (secondary N) is 1. The monoisotopic (exact) mass is 290 g/mol. The van der Waals surface area contributed by atoms with Crippen LogP contribution in [0.5, 0.6) is 11.5 Å². The highest BCUT2D eigenvalue weighted by atomic mass is 16.6. The number of piperidine rings is 1. The minimum atomic E-state index is 0.562. The van der Waals surface area contributed by atoms with Gasteiger partial charge in [-0.2, -0.15) is 0 Å². The number of benzene rings is 1. The average Bonchev–Trinajstić information content (AvgIpc) is 2.53. The molecule has 0 bridgehead atoms. The average molecular weight is 290 g/mol. The number of nitrogens with zero attached hydrogens (tertiary/aromatic N) is 1. The zero-order valence-electron chi connectivity index (χ0n) is 13.1. The second kappa shape index (κ2) is 6.67. The summed E-state index contributed by atoms with van der Waals surface area (Å²) < 4.78 is 11.2. The second-order valence-electron chi connectivity index (χ2n) is 6.29. The molecule has 0 aliphatic carbocycles. The molecule has 2 aliphatic rings. The van der Waals surface area contributed by atoms with Crippen molar-refractivity contribution in [2.45, 2.75) is 32.4 Å². The molecule has 1 N–H and O–H groups in total. The van der Waals surface area contributed by atoms with E-state index in [-0.39, 0.29) is 0 Å². The van der Waals surface area contributed by atoms with Gasteiger partial charge in [0.05, 0.1) is 0 Å². The van der Waals surface area contributed by atoms with E-state index in [9.17, 15) is 0 Å². The number of ether oxygens (including phenoxy) is 2. The Morgan fingerprint density at radius 1 is 1.19 bits per heavy atom. The molecule has 1 saturated heterocycles. The Morgan fingerprint density at radius 2 is 1.90 bits per heavy atom. The van der Waals surface area contributed by atoms with Gasteiger partial charge in [-0.05, 0) is 63.5 Å². The van der Waals surface area contributed by atoms with Crippen LogP contribution in [-0.2, 0) is 6.54 Å². The Kier molecular flexibility index (Phi) is 4.66. The third-order valence-electron chi connectivity index (χ3n) is 4.71. The van der Waals surface area contributed by atoms with Crippen molar-refractivity contribution in [3.8, 4) is 11.5 Å². The number of hydrogen-bond acceptors (Lipinski definition) is 4. The van der Waals surface area contributed by atoms with Crippen LogP contribution in [-0.4, -0.2) is 44.3 Å². The van der Waals surface area contributed by atoms with Gasteiger partial charge in [-0.25, -0.2) is 0 Å². The molecule has 3 rings (SSSR count). The van der Waals surface area contributed by atoms with E-state index in [4.69, 9.17) is 9.47 Å². The normalized spacial score (nSPS) is 21.2. The molecule has 0 spiro atoms. The van der Waals surface area contributed by atoms with E-state index in [0.29, 0.717) is 19.3 Å². The molecule has 4 nitrogen and oxygen atoms in total. The van der Waals surface area contributed by atoms with Gasteiger partial charge >= 0.3 is 0 Å². The number of hydrogen-bond donors (Lipinski definition) is 1. The van der Waals surface area contributed by atoms with E-state index in [1.165, 1.54) is 31.5 Å². The molecule has 0 saturated carbocycles. The van der Waals surface area contributed by atoms with Gasteiger partial charge in [-0.1, -0.05) is 6.07 Å². The minimum Gasteiger partial charge on any atom is -0.486 e. The molecule has 1 atom stereocenters. The van der Waals surface area contributed by atoms with Crippen molar-refractivity contribution in [3.05, 3.63) is 23.8 Å². The number of likely N-dealkylation sites (tertiary alicyclic amines) is 1. The fraction of sp³-hybridized carbons (Fsp3) is 0.647. The van der Waals surface area contributed by atoms with E-state index in [0.717, 1.165) is 24.0 Å². The maximum atomic E-state index is 5.64. The predicted molar refractivity (Wildman–Crippen MR) is 84.0 cm³/mol. The van der Waals surface area contributed by atoms with Gasteiger partial charge in [0.15, 0.2) is 11.5 Å². The highest BCUT2D eigenvalue weighted by Gasteiger charge is 2.22. The third kappa shape index (κ3) is 3.69. The van der Waals surface area contributed by atoms with Crippen LogP contribution >= 0.6 is 0 Å². The fourth-order valence-corrected chi connectivity index (χ4v) is 3.17. The van der Waals surface area contributed by atoms with Gasteiger partial charge in [0.2, 0.25) is 0 Å². The Hall–Kier alpha value is -1.26.